The summed E-state index contributed by atoms with van der Waals surface area (Å²) in [6.45, 7) is 2.70. The van der Waals surface area contributed by atoms with E-state index in [4.69, 9.17) is 10.00 Å². The number of ketones is 1. The van der Waals surface area contributed by atoms with Crippen LogP contribution in [0.2, 0.25) is 0 Å². The number of rotatable bonds is 7. The topological polar surface area (TPSA) is 113 Å². The molecule has 0 radical (unpaired) electrons. The molecule has 0 aliphatic carbocycles. The van der Waals surface area contributed by atoms with Crippen LogP contribution >= 0.6 is 0 Å². The molecule has 0 amide bonds. The Bertz CT molecular complexity index is 974. The Morgan fingerprint density at radius 2 is 1.70 bits per heavy atom. The zero-order chi connectivity index (χ0) is 20.0. The van der Waals surface area contributed by atoms with Gasteiger partial charge in [-0.1, -0.05) is 29.8 Å². The minimum Gasteiger partial charge on any atom is -0.453 e. The van der Waals surface area contributed by atoms with Crippen LogP contribution in [-0.4, -0.2) is 32.8 Å². The van der Waals surface area contributed by atoms with Gasteiger partial charge in [0.2, 0.25) is 15.8 Å². The summed E-state index contributed by atoms with van der Waals surface area (Å²) in [6.07, 6.45) is -1.04. The Kier molecular flexibility index (Phi) is 6.45. The molecule has 7 nitrogen and oxygen atoms in total. The van der Waals surface area contributed by atoms with Gasteiger partial charge in [0.25, 0.3) is 0 Å². The first-order chi connectivity index (χ1) is 12.7. The molecule has 1 N–H and O–H groups in total. The highest BCUT2D eigenvalue weighted by atomic mass is 32.2. The molecule has 2 aromatic rings. The third kappa shape index (κ3) is 5.48. The van der Waals surface area contributed by atoms with E-state index in [1.807, 2.05) is 13.0 Å². The maximum atomic E-state index is 12.2. The molecule has 0 unspecified atom stereocenters. The molecule has 0 saturated heterocycles. The van der Waals surface area contributed by atoms with Gasteiger partial charge < -0.3 is 4.74 Å². The normalized spacial score (nSPS) is 12.0. The molecular formula is C19H18N2O5S. The SMILES string of the molecule is Cc1ccc(C(=O)[C@H](C)OC(=O)CNS(=O)(=O)c2ccc(C#N)cc2)cc1. The van der Waals surface area contributed by atoms with Crippen molar-refractivity contribution in [3.63, 3.8) is 0 Å². The van der Waals surface area contributed by atoms with Gasteiger partial charge in [0.1, 0.15) is 6.54 Å². The summed E-state index contributed by atoms with van der Waals surface area (Å²) in [5.74, 6) is -1.25. The Balaban J connectivity index is 1.93. The van der Waals surface area contributed by atoms with E-state index in [1.54, 1.807) is 24.3 Å². The second-order valence-electron chi connectivity index (χ2n) is 5.82. The first-order valence-corrected chi connectivity index (χ1v) is 9.51. The maximum Gasteiger partial charge on any atom is 0.321 e. The van der Waals surface area contributed by atoms with Crippen molar-refractivity contribution in [1.82, 2.24) is 4.72 Å². The minimum atomic E-state index is -3.94. The predicted molar refractivity (Wildman–Crippen MR) is 97.4 cm³/mol. The van der Waals surface area contributed by atoms with Crippen LogP contribution in [0.1, 0.15) is 28.4 Å². The first kappa shape index (κ1) is 20.3. The molecular weight excluding hydrogens is 368 g/mol. The quantitative estimate of drug-likeness (QED) is 0.575. The molecule has 8 heteroatoms. The molecule has 0 aliphatic rings. The molecule has 2 rings (SSSR count). The highest BCUT2D eigenvalue weighted by molar-refractivity contribution is 7.89. The molecule has 0 saturated carbocycles. The average molecular weight is 386 g/mol. The van der Waals surface area contributed by atoms with Gasteiger partial charge >= 0.3 is 5.97 Å². The number of carbonyl (C=O) groups excluding carboxylic acids is 2. The van der Waals surface area contributed by atoms with Crippen molar-refractivity contribution in [2.75, 3.05) is 6.54 Å². The van der Waals surface area contributed by atoms with Crippen LogP contribution in [0, 0.1) is 18.3 Å². The number of nitriles is 1. The maximum absolute atomic E-state index is 12.2. The Hall–Kier alpha value is -3.02. The highest BCUT2D eigenvalue weighted by Crippen LogP contribution is 2.11. The summed E-state index contributed by atoms with van der Waals surface area (Å²) < 4.78 is 31.4. The van der Waals surface area contributed by atoms with E-state index in [1.165, 1.54) is 31.2 Å². The lowest BCUT2D eigenvalue weighted by Gasteiger charge is -2.13. The fourth-order valence-electron chi connectivity index (χ4n) is 2.19. The second-order valence-corrected chi connectivity index (χ2v) is 7.59. The van der Waals surface area contributed by atoms with Gasteiger partial charge in [-0.05, 0) is 38.1 Å². The highest BCUT2D eigenvalue weighted by Gasteiger charge is 2.21. The van der Waals surface area contributed by atoms with E-state index in [0.29, 0.717) is 11.1 Å². The third-order valence-electron chi connectivity index (χ3n) is 3.71. The van der Waals surface area contributed by atoms with Crippen LogP contribution in [0.5, 0.6) is 0 Å². The number of benzene rings is 2. The standard InChI is InChI=1S/C19H18N2O5S/c1-13-3-7-16(8-4-13)19(23)14(2)26-18(22)12-21-27(24,25)17-9-5-15(11-20)6-10-17/h3-10,14,21H,12H2,1-2H3/t14-/m0/s1. The fourth-order valence-corrected chi connectivity index (χ4v) is 3.16. The average Bonchev–Trinajstić information content (AvgIpc) is 2.66. The molecule has 27 heavy (non-hydrogen) atoms. The zero-order valence-corrected chi connectivity index (χ0v) is 15.6. The molecule has 1 atom stereocenters. The van der Waals surface area contributed by atoms with Gasteiger partial charge in [-0.15, -0.1) is 0 Å². The lowest BCUT2D eigenvalue weighted by atomic mass is 10.1. The number of hydrogen-bond acceptors (Lipinski definition) is 6. The number of Topliss-reactive ketones (excluding diaryl/α,β-unsaturated/α-hetero) is 1. The number of hydrogen-bond donors (Lipinski definition) is 1. The van der Waals surface area contributed by atoms with E-state index in [2.05, 4.69) is 4.72 Å². The second kappa shape index (κ2) is 8.58. The monoisotopic (exact) mass is 386 g/mol. The number of esters is 1. The summed E-state index contributed by atoms with van der Waals surface area (Å²) in [7, 11) is -3.94. The van der Waals surface area contributed by atoms with Crippen molar-refractivity contribution in [3.05, 3.63) is 65.2 Å². The van der Waals surface area contributed by atoms with Crippen molar-refractivity contribution in [1.29, 1.82) is 5.26 Å². The Morgan fingerprint density at radius 1 is 1.11 bits per heavy atom. The van der Waals surface area contributed by atoms with E-state index in [-0.39, 0.29) is 10.7 Å². The summed E-state index contributed by atoms with van der Waals surface area (Å²) >= 11 is 0. The van der Waals surface area contributed by atoms with Gasteiger partial charge in [-0.2, -0.15) is 9.98 Å². The van der Waals surface area contributed by atoms with Crippen LogP contribution < -0.4 is 4.72 Å². The van der Waals surface area contributed by atoms with Crippen LogP contribution in [0.4, 0.5) is 0 Å². The number of nitrogens with zero attached hydrogens (tertiary/aromatic N) is 1. The molecule has 0 fully saturated rings. The Labute approximate surface area is 157 Å². The van der Waals surface area contributed by atoms with Crippen LogP contribution in [0.15, 0.2) is 53.4 Å². The van der Waals surface area contributed by atoms with E-state index >= 15 is 0 Å². The number of carbonyl (C=O) groups is 2. The lowest BCUT2D eigenvalue weighted by Crippen LogP contribution is -2.34. The third-order valence-corrected chi connectivity index (χ3v) is 5.13. The summed E-state index contributed by atoms with van der Waals surface area (Å²) in [4.78, 5) is 24.0. The van der Waals surface area contributed by atoms with E-state index in [0.717, 1.165) is 5.56 Å². The Morgan fingerprint density at radius 3 is 2.26 bits per heavy atom. The minimum absolute atomic E-state index is 0.0851. The summed E-state index contributed by atoms with van der Waals surface area (Å²) in [6, 6.07) is 13.9. The van der Waals surface area contributed by atoms with Crippen LogP contribution in [-0.2, 0) is 19.6 Å². The van der Waals surface area contributed by atoms with Gasteiger partial charge in [0.05, 0.1) is 16.5 Å². The van der Waals surface area contributed by atoms with Gasteiger partial charge in [0.15, 0.2) is 6.10 Å². The van der Waals surface area contributed by atoms with Crippen molar-refractivity contribution in [3.8, 4) is 6.07 Å². The number of ether oxygens (including phenoxy) is 1. The number of aryl methyl sites for hydroxylation is 1. The van der Waals surface area contributed by atoms with E-state index in [9.17, 15) is 18.0 Å². The molecule has 0 aromatic heterocycles. The molecule has 140 valence electrons. The van der Waals surface area contributed by atoms with Crippen molar-refractivity contribution in [2.24, 2.45) is 0 Å². The van der Waals surface area contributed by atoms with Crippen molar-refractivity contribution < 1.29 is 22.7 Å². The van der Waals surface area contributed by atoms with E-state index < -0.39 is 28.6 Å². The number of sulfonamides is 1. The number of nitrogens with one attached hydrogen (secondary N) is 1. The van der Waals surface area contributed by atoms with Crippen LogP contribution in [0.25, 0.3) is 0 Å². The fraction of sp³-hybridized carbons (Fsp3) is 0.211. The van der Waals surface area contributed by atoms with Crippen LogP contribution in [0.3, 0.4) is 0 Å². The van der Waals surface area contributed by atoms with Gasteiger partial charge in [0, 0.05) is 5.56 Å². The molecule has 0 aliphatic heterocycles. The molecule has 0 heterocycles. The first-order valence-electron chi connectivity index (χ1n) is 8.03. The van der Waals surface area contributed by atoms with Crippen molar-refractivity contribution >= 4 is 21.8 Å². The lowest BCUT2D eigenvalue weighted by molar-refractivity contribution is -0.144. The largest absolute Gasteiger partial charge is 0.453 e. The summed E-state index contributed by atoms with van der Waals surface area (Å²) in [5.41, 5.74) is 1.71. The zero-order valence-electron chi connectivity index (χ0n) is 14.8. The smallest absolute Gasteiger partial charge is 0.321 e. The predicted octanol–water partition coefficient (Wildman–Crippen LogP) is 1.96. The molecule has 2 aromatic carbocycles. The van der Waals surface area contributed by atoms with Crippen molar-refractivity contribution in [2.45, 2.75) is 24.8 Å². The molecule has 0 bridgehead atoms. The molecule has 0 spiro atoms. The summed E-state index contributed by atoms with van der Waals surface area (Å²) in [5, 5.41) is 8.73. The van der Waals surface area contributed by atoms with Gasteiger partial charge in [-0.3, -0.25) is 9.59 Å². The van der Waals surface area contributed by atoms with Gasteiger partial charge in [-0.25, -0.2) is 8.42 Å².